The lowest BCUT2D eigenvalue weighted by atomic mass is 10.0. The Labute approximate surface area is 72.3 Å². The summed E-state index contributed by atoms with van der Waals surface area (Å²) in [7, 11) is 0. The van der Waals surface area contributed by atoms with Crippen molar-refractivity contribution in [1.29, 1.82) is 0 Å². The molecule has 1 aromatic carbocycles. The topological polar surface area (TPSA) is 61.3 Å². The Kier molecular flexibility index (Phi) is 2.68. The summed E-state index contributed by atoms with van der Waals surface area (Å²) in [6.07, 6.45) is 0. The Bertz CT molecular complexity index is 261. The van der Waals surface area contributed by atoms with Crippen LogP contribution in [0.25, 0.3) is 0 Å². The molecule has 0 aliphatic carbocycles. The molecule has 0 aliphatic rings. The number of hydrogen-bond acceptors (Lipinski definition) is 3. The van der Waals surface area contributed by atoms with Gasteiger partial charge in [0.25, 0.3) is 0 Å². The van der Waals surface area contributed by atoms with Crippen LogP contribution in [0.5, 0.6) is 0 Å². The van der Waals surface area contributed by atoms with Crippen LogP contribution in [0.4, 0.5) is 5.69 Å². The maximum atomic E-state index is 5.76. The van der Waals surface area contributed by atoms with E-state index in [-0.39, 0.29) is 0 Å². The molecule has 1 rings (SSSR count). The predicted molar refractivity (Wildman–Crippen MR) is 49.3 cm³/mol. The molecule has 3 heteroatoms. The average molecular weight is 166 g/mol. The van der Waals surface area contributed by atoms with E-state index in [1.165, 1.54) is 5.56 Å². The highest BCUT2D eigenvalue weighted by atomic mass is 16.6. The van der Waals surface area contributed by atoms with Gasteiger partial charge in [0, 0.05) is 5.69 Å². The monoisotopic (exact) mass is 166 g/mol. The van der Waals surface area contributed by atoms with Crippen molar-refractivity contribution in [2.24, 2.45) is 5.90 Å². The van der Waals surface area contributed by atoms with Crippen LogP contribution in [0.1, 0.15) is 16.7 Å². The largest absolute Gasteiger partial charge is 0.398 e. The van der Waals surface area contributed by atoms with Crippen molar-refractivity contribution in [1.82, 2.24) is 0 Å². The fraction of sp³-hybridized carbons (Fsp3) is 0.333. The van der Waals surface area contributed by atoms with E-state index in [1.807, 2.05) is 26.0 Å². The van der Waals surface area contributed by atoms with E-state index in [0.29, 0.717) is 6.61 Å². The highest BCUT2D eigenvalue weighted by molar-refractivity contribution is 5.52. The van der Waals surface area contributed by atoms with E-state index < -0.39 is 0 Å². The number of rotatable bonds is 2. The van der Waals surface area contributed by atoms with Gasteiger partial charge >= 0.3 is 0 Å². The van der Waals surface area contributed by atoms with Gasteiger partial charge in [-0.2, -0.15) is 0 Å². The summed E-state index contributed by atoms with van der Waals surface area (Å²) in [5.41, 5.74) is 9.85. The number of anilines is 1. The number of aryl methyl sites for hydroxylation is 1. The summed E-state index contributed by atoms with van der Waals surface area (Å²) < 4.78 is 0. The van der Waals surface area contributed by atoms with Gasteiger partial charge in [0.2, 0.25) is 0 Å². The van der Waals surface area contributed by atoms with Crippen molar-refractivity contribution in [2.45, 2.75) is 20.5 Å². The molecule has 0 unspecified atom stereocenters. The highest BCUT2D eigenvalue weighted by Crippen LogP contribution is 2.18. The second kappa shape index (κ2) is 3.56. The number of hydrogen-bond donors (Lipinski definition) is 2. The zero-order valence-electron chi connectivity index (χ0n) is 7.42. The lowest BCUT2D eigenvalue weighted by molar-refractivity contribution is 0.124. The summed E-state index contributed by atoms with van der Waals surface area (Å²) in [6.45, 7) is 4.43. The van der Waals surface area contributed by atoms with E-state index >= 15 is 0 Å². The van der Waals surface area contributed by atoms with Gasteiger partial charge in [-0.05, 0) is 36.6 Å². The highest BCUT2D eigenvalue weighted by Gasteiger charge is 2.00. The second-order valence-electron chi connectivity index (χ2n) is 2.94. The van der Waals surface area contributed by atoms with Crippen molar-refractivity contribution in [3.8, 4) is 0 Å². The van der Waals surface area contributed by atoms with Crippen LogP contribution in [0.2, 0.25) is 0 Å². The molecule has 0 aromatic heterocycles. The Hall–Kier alpha value is -1.06. The summed E-state index contributed by atoms with van der Waals surface area (Å²) in [5.74, 6) is 4.96. The molecule has 0 radical (unpaired) electrons. The van der Waals surface area contributed by atoms with Gasteiger partial charge in [-0.1, -0.05) is 6.07 Å². The Balaban J connectivity index is 3.04. The summed E-state index contributed by atoms with van der Waals surface area (Å²) in [5, 5.41) is 0. The molecular weight excluding hydrogens is 152 g/mol. The average Bonchev–Trinajstić information content (AvgIpc) is 2.01. The first-order valence-electron chi connectivity index (χ1n) is 3.82. The van der Waals surface area contributed by atoms with E-state index in [4.69, 9.17) is 11.6 Å². The minimum absolute atomic E-state index is 0.408. The summed E-state index contributed by atoms with van der Waals surface area (Å²) >= 11 is 0. The third kappa shape index (κ3) is 1.75. The molecule has 3 nitrogen and oxygen atoms in total. The Morgan fingerprint density at radius 3 is 2.50 bits per heavy atom. The first-order valence-corrected chi connectivity index (χ1v) is 3.82. The lowest BCUT2D eigenvalue weighted by Gasteiger charge is -2.07. The maximum Gasteiger partial charge on any atom is 0.0930 e. The molecular formula is C9H14N2O. The van der Waals surface area contributed by atoms with Gasteiger partial charge < -0.3 is 5.73 Å². The van der Waals surface area contributed by atoms with Crippen LogP contribution in [0.15, 0.2) is 12.1 Å². The fourth-order valence-electron chi connectivity index (χ4n) is 1.14. The Morgan fingerprint density at radius 2 is 2.00 bits per heavy atom. The quantitative estimate of drug-likeness (QED) is 0.514. The zero-order chi connectivity index (χ0) is 9.14. The standard InChI is InChI=1S/C9H14N2O/c1-6-3-8(5-12-11)4-9(10)7(6)2/h3-4H,5,10-11H2,1-2H3. The van der Waals surface area contributed by atoms with E-state index in [9.17, 15) is 0 Å². The fourth-order valence-corrected chi connectivity index (χ4v) is 1.14. The van der Waals surface area contributed by atoms with Crippen molar-refractivity contribution in [3.63, 3.8) is 0 Å². The van der Waals surface area contributed by atoms with E-state index in [2.05, 4.69) is 4.84 Å². The zero-order valence-corrected chi connectivity index (χ0v) is 7.42. The molecule has 66 valence electrons. The van der Waals surface area contributed by atoms with Gasteiger partial charge in [0.05, 0.1) is 6.61 Å². The molecule has 0 saturated heterocycles. The third-order valence-corrected chi connectivity index (χ3v) is 2.02. The number of nitrogen functional groups attached to an aromatic ring is 1. The van der Waals surface area contributed by atoms with Crippen LogP contribution < -0.4 is 11.6 Å². The minimum atomic E-state index is 0.408. The van der Waals surface area contributed by atoms with Crippen molar-refractivity contribution in [2.75, 3.05) is 5.73 Å². The van der Waals surface area contributed by atoms with Gasteiger partial charge in [0.1, 0.15) is 0 Å². The molecule has 0 bridgehead atoms. The van der Waals surface area contributed by atoms with Crippen LogP contribution in [-0.2, 0) is 11.4 Å². The molecule has 0 atom stereocenters. The summed E-state index contributed by atoms with van der Waals surface area (Å²) in [6, 6.07) is 3.91. The van der Waals surface area contributed by atoms with E-state index in [1.54, 1.807) is 0 Å². The third-order valence-electron chi connectivity index (χ3n) is 2.02. The lowest BCUT2D eigenvalue weighted by Crippen LogP contribution is -2.01. The number of benzene rings is 1. The first-order chi connectivity index (χ1) is 5.65. The Morgan fingerprint density at radius 1 is 1.33 bits per heavy atom. The van der Waals surface area contributed by atoms with Gasteiger partial charge in [0.15, 0.2) is 0 Å². The SMILES string of the molecule is Cc1cc(CON)cc(N)c1C. The molecule has 4 N–H and O–H groups in total. The molecule has 0 amide bonds. The predicted octanol–water partition coefficient (Wildman–Crippen LogP) is 1.28. The molecule has 0 fully saturated rings. The van der Waals surface area contributed by atoms with Gasteiger partial charge in [-0.15, -0.1) is 0 Å². The van der Waals surface area contributed by atoms with Gasteiger partial charge in [-0.3, -0.25) is 4.84 Å². The van der Waals surface area contributed by atoms with Crippen molar-refractivity contribution in [3.05, 3.63) is 28.8 Å². The van der Waals surface area contributed by atoms with Gasteiger partial charge in [-0.25, -0.2) is 5.90 Å². The smallest absolute Gasteiger partial charge is 0.0930 e. The van der Waals surface area contributed by atoms with Crippen molar-refractivity contribution >= 4 is 5.69 Å². The molecule has 0 spiro atoms. The molecule has 0 aliphatic heterocycles. The summed E-state index contributed by atoms with van der Waals surface area (Å²) in [4.78, 5) is 4.52. The molecule has 0 saturated carbocycles. The normalized spacial score (nSPS) is 10.2. The molecule has 12 heavy (non-hydrogen) atoms. The second-order valence-corrected chi connectivity index (χ2v) is 2.94. The van der Waals surface area contributed by atoms with Crippen molar-refractivity contribution < 1.29 is 4.84 Å². The first kappa shape index (κ1) is 9.03. The minimum Gasteiger partial charge on any atom is -0.398 e. The van der Waals surface area contributed by atoms with E-state index in [0.717, 1.165) is 16.8 Å². The molecule has 0 heterocycles. The maximum absolute atomic E-state index is 5.76. The van der Waals surface area contributed by atoms with Crippen LogP contribution in [-0.4, -0.2) is 0 Å². The van der Waals surface area contributed by atoms with Crippen LogP contribution in [0.3, 0.4) is 0 Å². The number of nitrogens with two attached hydrogens (primary N) is 2. The van der Waals surface area contributed by atoms with Crippen LogP contribution >= 0.6 is 0 Å². The molecule has 1 aromatic rings. The van der Waals surface area contributed by atoms with Crippen LogP contribution in [0, 0.1) is 13.8 Å².